The fraction of sp³-hybridized carbons (Fsp3) is 0.375. The number of benzene rings is 2. The molecule has 2 rings (SSSR count). The first-order valence-electron chi connectivity index (χ1n) is 6.67. The molecule has 2 heteroatoms. The second-order valence-electron chi connectivity index (χ2n) is 4.73. The lowest BCUT2D eigenvalue weighted by Crippen LogP contribution is -2.28. The van der Waals surface area contributed by atoms with Gasteiger partial charge in [0.25, 0.3) is 0 Å². The van der Waals surface area contributed by atoms with Crippen LogP contribution in [0.4, 0.5) is 0 Å². The van der Waals surface area contributed by atoms with Crippen molar-refractivity contribution in [1.82, 2.24) is 10.2 Å². The van der Waals surface area contributed by atoms with Crippen LogP contribution in [0.15, 0.2) is 42.5 Å². The maximum atomic E-state index is 3.36. The molecule has 2 aromatic carbocycles. The van der Waals surface area contributed by atoms with E-state index in [1.54, 1.807) is 0 Å². The fourth-order valence-electron chi connectivity index (χ4n) is 2.25. The third-order valence-corrected chi connectivity index (χ3v) is 3.24. The normalized spacial score (nSPS) is 11.3. The van der Waals surface area contributed by atoms with Gasteiger partial charge in [-0.05, 0) is 29.9 Å². The Morgan fingerprint density at radius 2 is 1.83 bits per heavy atom. The molecule has 0 spiro atoms. The molecule has 0 atom stereocenters. The number of likely N-dealkylation sites (N-methyl/N-ethyl adjacent to an activating group) is 2. The summed E-state index contributed by atoms with van der Waals surface area (Å²) in [6, 6.07) is 15.2. The van der Waals surface area contributed by atoms with E-state index in [0.717, 1.165) is 26.2 Å². The van der Waals surface area contributed by atoms with Crippen LogP contribution in [0.5, 0.6) is 0 Å². The van der Waals surface area contributed by atoms with E-state index in [1.165, 1.54) is 16.3 Å². The van der Waals surface area contributed by atoms with Crippen LogP contribution in [-0.2, 0) is 6.54 Å². The summed E-state index contributed by atoms with van der Waals surface area (Å²) in [7, 11) is 2.18. The first kappa shape index (κ1) is 13.1. The van der Waals surface area contributed by atoms with Crippen molar-refractivity contribution in [3.8, 4) is 0 Å². The quantitative estimate of drug-likeness (QED) is 0.784. The molecule has 0 aliphatic rings. The van der Waals surface area contributed by atoms with Crippen LogP contribution >= 0.6 is 0 Å². The van der Waals surface area contributed by atoms with Gasteiger partial charge in [-0.15, -0.1) is 0 Å². The molecular weight excluding hydrogens is 220 g/mol. The highest BCUT2D eigenvalue weighted by Gasteiger charge is 2.03. The van der Waals surface area contributed by atoms with Gasteiger partial charge in [0.15, 0.2) is 0 Å². The van der Waals surface area contributed by atoms with Gasteiger partial charge in [0.2, 0.25) is 0 Å². The molecular formula is C16H22N2. The van der Waals surface area contributed by atoms with Crippen LogP contribution in [0.1, 0.15) is 12.5 Å². The minimum absolute atomic E-state index is 1.01. The zero-order chi connectivity index (χ0) is 12.8. The number of fused-ring (bicyclic) bond motifs is 1. The number of nitrogens with one attached hydrogen (secondary N) is 1. The van der Waals surface area contributed by atoms with Gasteiger partial charge in [0.05, 0.1) is 0 Å². The van der Waals surface area contributed by atoms with Gasteiger partial charge in [-0.2, -0.15) is 0 Å². The molecule has 18 heavy (non-hydrogen) atoms. The van der Waals surface area contributed by atoms with Crippen LogP contribution in [-0.4, -0.2) is 31.6 Å². The van der Waals surface area contributed by atoms with E-state index in [0.29, 0.717) is 0 Å². The molecule has 0 bridgehead atoms. The standard InChI is InChI=1S/C16H22N2/c1-3-17-11-12-18(2)13-15-9-6-8-14-7-4-5-10-16(14)15/h4-10,17H,3,11-13H2,1-2H3. The first-order chi connectivity index (χ1) is 8.81. The Hall–Kier alpha value is -1.38. The summed E-state index contributed by atoms with van der Waals surface area (Å²) < 4.78 is 0. The molecule has 0 aliphatic carbocycles. The zero-order valence-corrected chi connectivity index (χ0v) is 11.3. The van der Waals surface area contributed by atoms with Gasteiger partial charge in [-0.25, -0.2) is 0 Å². The van der Waals surface area contributed by atoms with E-state index < -0.39 is 0 Å². The number of hydrogen-bond acceptors (Lipinski definition) is 2. The Morgan fingerprint density at radius 3 is 2.67 bits per heavy atom. The summed E-state index contributed by atoms with van der Waals surface area (Å²) in [5.74, 6) is 0. The SMILES string of the molecule is CCNCCN(C)Cc1cccc2ccccc12. The largest absolute Gasteiger partial charge is 0.316 e. The molecule has 0 amide bonds. The van der Waals surface area contributed by atoms with Crippen LogP contribution in [0.3, 0.4) is 0 Å². The van der Waals surface area contributed by atoms with Crippen molar-refractivity contribution in [2.24, 2.45) is 0 Å². The summed E-state index contributed by atoms with van der Waals surface area (Å²) in [4.78, 5) is 2.37. The predicted octanol–water partition coefficient (Wildman–Crippen LogP) is 2.88. The Kier molecular flexibility index (Phi) is 4.73. The molecule has 0 radical (unpaired) electrons. The maximum absolute atomic E-state index is 3.36. The second-order valence-corrected chi connectivity index (χ2v) is 4.73. The van der Waals surface area contributed by atoms with E-state index in [4.69, 9.17) is 0 Å². The number of nitrogens with zero attached hydrogens (tertiary/aromatic N) is 1. The molecule has 0 saturated heterocycles. The monoisotopic (exact) mass is 242 g/mol. The van der Waals surface area contributed by atoms with Crippen LogP contribution in [0.2, 0.25) is 0 Å². The fourth-order valence-corrected chi connectivity index (χ4v) is 2.25. The second kappa shape index (κ2) is 6.53. The van der Waals surface area contributed by atoms with Crippen molar-refractivity contribution in [1.29, 1.82) is 0 Å². The van der Waals surface area contributed by atoms with E-state index >= 15 is 0 Å². The van der Waals surface area contributed by atoms with Crippen LogP contribution < -0.4 is 5.32 Å². The Morgan fingerprint density at radius 1 is 1.06 bits per heavy atom. The van der Waals surface area contributed by atoms with E-state index in [2.05, 4.69) is 66.7 Å². The van der Waals surface area contributed by atoms with Crippen molar-refractivity contribution >= 4 is 10.8 Å². The first-order valence-corrected chi connectivity index (χ1v) is 6.67. The van der Waals surface area contributed by atoms with Gasteiger partial charge in [-0.1, -0.05) is 49.4 Å². The summed E-state index contributed by atoms with van der Waals surface area (Å²) in [5.41, 5.74) is 1.41. The van der Waals surface area contributed by atoms with E-state index in [-0.39, 0.29) is 0 Å². The van der Waals surface area contributed by atoms with Crippen molar-refractivity contribution in [2.45, 2.75) is 13.5 Å². The van der Waals surface area contributed by atoms with Crippen LogP contribution in [0, 0.1) is 0 Å². The molecule has 0 heterocycles. The van der Waals surface area contributed by atoms with Crippen molar-refractivity contribution < 1.29 is 0 Å². The Labute approximate surface area is 110 Å². The van der Waals surface area contributed by atoms with E-state index in [1.807, 2.05) is 0 Å². The minimum Gasteiger partial charge on any atom is -0.316 e. The Balaban J connectivity index is 2.07. The molecule has 0 aromatic heterocycles. The molecule has 96 valence electrons. The summed E-state index contributed by atoms with van der Waals surface area (Å²) in [6.07, 6.45) is 0. The van der Waals surface area contributed by atoms with Gasteiger partial charge < -0.3 is 10.2 Å². The maximum Gasteiger partial charge on any atom is 0.0237 e. The van der Waals surface area contributed by atoms with Crippen molar-refractivity contribution in [3.63, 3.8) is 0 Å². The number of rotatable bonds is 6. The van der Waals surface area contributed by atoms with Crippen LogP contribution in [0.25, 0.3) is 10.8 Å². The topological polar surface area (TPSA) is 15.3 Å². The highest BCUT2D eigenvalue weighted by Crippen LogP contribution is 2.19. The third-order valence-electron chi connectivity index (χ3n) is 3.24. The third kappa shape index (κ3) is 3.31. The predicted molar refractivity (Wildman–Crippen MR) is 78.8 cm³/mol. The lowest BCUT2D eigenvalue weighted by Gasteiger charge is -2.18. The Bertz CT molecular complexity index is 488. The number of hydrogen-bond donors (Lipinski definition) is 1. The smallest absolute Gasteiger partial charge is 0.0237 e. The highest BCUT2D eigenvalue weighted by atomic mass is 15.1. The molecule has 2 aromatic rings. The zero-order valence-electron chi connectivity index (χ0n) is 11.3. The summed E-state index contributed by atoms with van der Waals surface area (Å²) in [6.45, 7) is 6.33. The molecule has 0 unspecified atom stereocenters. The van der Waals surface area contributed by atoms with Gasteiger partial charge in [0.1, 0.15) is 0 Å². The molecule has 1 N–H and O–H groups in total. The highest BCUT2D eigenvalue weighted by molar-refractivity contribution is 5.85. The lowest BCUT2D eigenvalue weighted by atomic mass is 10.0. The van der Waals surface area contributed by atoms with Gasteiger partial charge >= 0.3 is 0 Å². The van der Waals surface area contributed by atoms with Crippen molar-refractivity contribution in [3.05, 3.63) is 48.0 Å². The van der Waals surface area contributed by atoms with Gasteiger partial charge in [0, 0.05) is 19.6 Å². The average Bonchev–Trinajstić information content (AvgIpc) is 2.39. The van der Waals surface area contributed by atoms with E-state index in [9.17, 15) is 0 Å². The molecule has 0 fully saturated rings. The minimum atomic E-state index is 1.01. The summed E-state index contributed by atoms with van der Waals surface area (Å²) in [5, 5.41) is 6.06. The van der Waals surface area contributed by atoms with Gasteiger partial charge in [-0.3, -0.25) is 0 Å². The molecule has 0 saturated carbocycles. The molecule has 2 nitrogen and oxygen atoms in total. The molecule has 0 aliphatic heterocycles. The lowest BCUT2D eigenvalue weighted by molar-refractivity contribution is 0.327. The summed E-state index contributed by atoms with van der Waals surface area (Å²) >= 11 is 0. The average molecular weight is 242 g/mol. The van der Waals surface area contributed by atoms with Crippen molar-refractivity contribution in [2.75, 3.05) is 26.7 Å².